The summed E-state index contributed by atoms with van der Waals surface area (Å²) in [6, 6.07) is 30.6. The number of unbranched alkanes of at least 4 members (excludes halogenated alkanes) is 6. The van der Waals surface area contributed by atoms with Gasteiger partial charge >= 0.3 is 17.8 Å². The van der Waals surface area contributed by atoms with Crippen LogP contribution in [0.4, 0.5) is 46.0 Å². The molecule has 0 amide bonds. The molecular formula is C49H55N12O6S2+. The number of hydrogen-bond donors (Lipinski definition) is 5. The van der Waals surface area contributed by atoms with E-state index >= 15 is 0 Å². The summed E-state index contributed by atoms with van der Waals surface area (Å²) < 4.78 is 38.1. The molecule has 7 N–H and O–H groups in total. The predicted molar refractivity (Wildman–Crippen MR) is 267 cm³/mol. The molecule has 0 unspecified atom stereocenters. The number of nitrogens with two attached hydrogens (primary N) is 2. The Bertz CT molecular complexity index is 3000. The van der Waals surface area contributed by atoms with Crippen molar-refractivity contribution in [1.82, 2.24) is 15.0 Å². The minimum atomic E-state index is -4.30. The van der Waals surface area contributed by atoms with E-state index in [1.54, 1.807) is 17.0 Å². The van der Waals surface area contributed by atoms with Crippen molar-refractivity contribution >= 4 is 78.9 Å². The number of rotatable bonds is 24. The molecule has 0 spiro atoms. The molecule has 0 atom stereocenters. The number of primary sulfonamides is 1. The number of benzene rings is 5. The number of methoxy groups -OCH3 is 1. The number of sulfonamides is 1. The topological polar surface area (TPSA) is 250 Å². The molecule has 69 heavy (non-hydrogen) atoms. The van der Waals surface area contributed by atoms with Crippen LogP contribution in [0.3, 0.4) is 0 Å². The van der Waals surface area contributed by atoms with Crippen molar-refractivity contribution in [3.05, 3.63) is 127 Å². The fourth-order valence-electron chi connectivity index (χ4n) is 7.35. The molecule has 2 aromatic heterocycles. The van der Waals surface area contributed by atoms with Crippen LogP contribution in [0.5, 0.6) is 11.5 Å². The second-order valence-corrected chi connectivity index (χ2v) is 18.3. The van der Waals surface area contributed by atoms with Crippen LogP contribution in [0, 0.1) is 0 Å². The smallest absolute Gasteiger partial charge is 0.444 e. The van der Waals surface area contributed by atoms with Gasteiger partial charge in [-0.15, -0.1) is 24.5 Å². The van der Waals surface area contributed by atoms with E-state index in [0.717, 1.165) is 49.8 Å². The monoisotopic (exact) mass is 971 g/mol. The molecule has 0 bridgehead atoms. The van der Waals surface area contributed by atoms with Crippen molar-refractivity contribution < 1.29 is 32.2 Å². The molecule has 0 fully saturated rings. The second kappa shape index (κ2) is 24.4. The Kier molecular flexibility index (Phi) is 17.6. The first-order chi connectivity index (χ1) is 33.5. The minimum Gasteiger partial charge on any atom is -0.505 e. The zero-order valence-corrected chi connectivity index (χ0v) is 40.2. The fourth-order valence-corrected chi connectivity index (χ4v) is 8.43. The maximum Gasteiger partial charge on any atom is 0.444 e. The Morgan fingerprint density at radius 1 is 0.725 bits per heavy atom. The van der Waals surface area contributed by atoms with Crippen LogP contribution in [-0.4, -0.2) is 35.6 Å². The highest BCUT2D eigenvalue weighted by Gasteiger charge is 2.24. The lowest BCUT2D eigenvalue weighted by molar-refractivity contribution is -0.603. The van der Waals surface area contributed by atoms with Crippen LogP contribution in [-0.2, 0) is 32.2 Å². The van der Waals surface area contributed by atoms with Crippen molar-refractivity contribution in [3.63, 3.8) is 0 Å². The zero-order valence-electron chi connectivity index (χ0n) is 38.6. The third-order valence-corrected chi connectivity index (χ3v) is 12.4. The Hall–Kier alpha value is -6.94. The van der Waals surface area contributed by atoms with Gasteiger partial charge in [-0.1, -0.05) is 76.6 Å². The first-order valence-corrected chi connectivity index (χ1v) is 24.9. The van der Waals surface area contributed by atoms with Gasteiger partial charge < -0.3 is 20.5 Å². The molecule has 358 valence electrons. The number of fused-ring (bicyclic) bond motifs is 1. The third kappa shape index (κ3) is 13.8. The van der Waals surface area contributed by atoms with E-state index in [9.17, 15) is 13.5 Å². The summed E-state index contributed by atoms with van der Waals surface area (Å²) in [7, 11) is -2.78. The number of aromatic hydroxyl groups is 1. The Labute approximate surface area is 405 Å². The van der Waals surface area contributed by atoms with Gasteiger partial charge in [-0.25, -0.2) is 18.1 Å². The molecule has 0 aliphatic rings. The first-order valence-electron chi connectivity index (χ1n) is 22.6. The highest BCUT2D eigenvalue weighted by atomic mass is 32.2. The molecule has 7 rings (SSSR count). The van der Waals surface area contributed by atoms with Crippen LogP contribution >= 0.6 is 12.0 Å². The molecule has 7 aromatic rings. The molecule has 0 radical (unpaired) electrons. The van der Waals surface area contributed by atoms with Gasteiger partial charge in [0.05, 0.1) is 58.4 Å². The predicted octanol–water partition coefficient (Wildman–Crippen LogP) is 12.1. The SMILES string of the molecule is CCCCCCc1ccc(N=Nc2ccc(Nc3nc(Nc4cc(S(N)(=O)=O)cc5cc(SOON)c(N=Nc6cc(CCCCCC)ccc6OC)c(O)c45)nc(-[n+]4ccccc4)n3)cc2)cc1. The van der Waals surface area contributed by atoms with E-state index in [1.165, 1.54) is 56.6 Å². The standard InChI is InChI=1S/C49H54N12O6S2/c1-4-6-8-11-15-33-17-20-37(21-18-33)57-58-38-24-22-36(23-25-38)52-47-54-48(56-49(55-47)61-27-13-10-14-28-61)53-41-32-39(69(51,63)64)30-35-31-43(68-67-66-50)45(46(62)44(35)41)60-59-40-29-34(16-12-9-7-5-2)19-26-42(40)65-3/h10,13-14,17-32H,4-9,11-12,15-16,50H2,1-3H3,(H4-,51,52,53,54,55,56,57,59,62,63,64)/p+1. The van der Waals surface area contributed by atoms with Gasteiger partial charge in [-0.05, 0) is 131 Å². The highest BCUT2D eigenvalue weighted by molar-refractivity contribution is 7.94. The van der Waals surface area contributed by atoms with Gasteiger partial charge in [0.2, 0.25) is 10.0 Å². The molecule has 5 aromatic carbocycles. The quantitative estimate of drug-likeness (QED) is 0.00945. The largest absolute Gasteiger partial charge is 0.505 e. The van der Waals surface area contributed by atoms with E-state index in [2.05, 4.69) is 77.0 Å². The first kappa shape index (κ1) is 50.0. The van der Waals surface area contributed by atoms with E-state index < -0.39 is 15.8 Å². The summed E-state index contributed by atoms with van der Waals surface area (Å²) in [5.74, 6) is 5.58. The molecule has 0 saturated heterocycles. The number of phenolic OH excluding ortho intramolecular Hbond substituents is 1. The summed E-state index contributed by atoms with van der Waals surface area (Å²) >= 11 is 0.623. The van der Waals surface area contributed by atoms with Gasteiger partial charge in [0.1, 0.15) is 17.1 Å². The summed E-state index contributed by atoms with van der Waals surface area (Å²) in [4.78, 5) is 18.3. The van der Waals surface area contributed by atoms with Gasteiger partial charge in [0.15, 0.2) is 5.75 Å². The maximum atomic E-state index is 12.9. The number of hydrogen-bond acceptors (Lipinski definition) is 17. The lowest BCUT2D eigenvalue weighted by atomic mass is 10.1. The minimum absolute atomic E-state index is 0.0227. The molecule has 20 heteroatoms. The lowest BCUT2D eigenvalue weighted by Crippen LogP contribution is -2.32. The van der Waals surface area contributed by atoms with Gasteiger partial charge in [-0.3, -0.25) is 0 Å². The fraction of sp³-hybridized carbons (Fsp3) is 0.265. The van der Waals surface area contributed by atoms with Crippen LogP contribution in [0.2, 0.25) is 0 Å². The van der Waals surface area contributed by atoms with Gasteiger partial charge in [0, 0.05) is 11.1 Å². The van der Waals surface area contributed by atoms with Crippen LogP contribution < -0.4 is 31.0 Å². The van der Waals surface area contributed by atoms with Crippen molar-refractivity contribution in [2.45, 2.75) is 87.8 Å². The number of azo groups is 2. The molecule has 18 nitrogen and oxygen atoms in total. The zero-order chi connectivity index (χ0) is 48.6. The highest BCUT2D eigenvalue weighted by Crippen LogP contribution is 2.48. The van der Waals surface area contributed by atoms with E-state index in [1.807, 2.05) is 72.8 Å². The number of pyridine rings is 1. The third-order valence-electron chi connectivity index (χ3n) is 10.9. The number of anilines is 4. The number of nitrogens with zero attached hydrogens (tertiary/aromatic N) is 8. The van der Waals surface area contributed by atoms with Crippen molar-refractivity contribution in [3.8, 4) is 17.4 Å². The Balaban J connectivity index is 1.22. The van der Waals surface area contributed by atoms with Gasteiger partial charge in [-0.2, -0.15) is 16.1 Å². The van der Waals surface area contributed by atoms with Crippen LogP contribution in [0.1, 0.15) is 76.3 Å². The lowest BCUT2D eigenvalue weighted by Gasteiger charge is -2.15. The molecule has 0 aliphatic carbocycles. The number of aryl methyl sites for hydroxylation is 2. The van der Waals surface area contributed by atoms with E-state index in [-0.39, 0.29) is 49.8 Å². The number of nitrogens with one attached hydrogen (secondary N) is 2. The normalized spacial score (nSPS) is 11.8. The van der Waals surface area contributed by atoms with E-state index in [4.69, 9.17) is 20.1 Å². The number of phenols is 1. The summed E-state index contributed by atoms with van der Waals surface area (Å²) in [5, 5.41) is 42.3. The Morgan fingerprint density at radius 2 is 1.36 bits per heavy atom. The van der Waals surface area contributed by atoms with Crippen molar-refractivity contribution in [1.29, 1.82) is 0 Å². The van der Waals surface area contributed by atoms with Crippen molar-refractivity contribution in [2.24, 2.45) is 31.5 Å². The number of ether oxygens (including phenoxy) is 1. The van der Waals surface area contributed by atoms with Crippen molar-refractivity contribution in [2.75, 3.05) is 17.7 Å². The average molecular weight is 972 g/mol. The number of aromatic nitrogens is 4. The second-order valence-electron chi connectivity index (χ2n) is 16.0. The molecule has 0 aliphatic heterocycles. The molecular weight excluding hydrogens is 917 g/mol. The Morgan fingerprint density at radius 3 is 2.00 bits per heavy atom. The average Bonchev–Trinajstić information content (AvgIpc) is 3.35. The van der Waals surface area contributed by atoms with Crippen LogP contribution in [0.15, 0.2) is 146 Å². The summed E-state index contributed by atoms with van der Waals surface area (Å²) in [5.41, 5.74) is 4.77. The van der Waals surface area contributed by atoms with Gasteiger partial charge in [0.25, 0.3) is 0 Å². The summed E-state index contributed by atoms with van der Waals surface area (Å²) in [6.45, 7) is 4.38. The maximum absolute atomic E-state index is 12.9. The van der Waals surface area contributed by atoms with Crippen LogP contribution in [0.25, 0.3) is 16.7 Å². The van der Waals surface area contributed by atoms with E-state index in [0.29, 0.717) is 34.9 Å². The molecule has 0 saturated carbocycles. The summed E-state index contributed by atoms with van der Waals surface area (Å²) in [6.07, 6.45) is 14.6. The molecule has 2 heterocycles.